The molecule has 3 aromatic rings. The first-order valence-corrected chi connectivity index (χ1v) is 8.38. The lowest BCUT2D eigenvalue weighted by atomic mass is 10.0. The normalized spacial score (nSPS) is 11.7. The quantitative estimate of drug-likeness (QED) is 0.607. The molecule has 1 atom stereocenters. The molecule has 3 N–H and O–H groups in total. The molecule has 0 radical (unpaired) electrons. The van der Waals surface area contributed by atoms with E-state index < -0.39 is 17.9 Å². The SMILES string of the molecule is O=C(NC[C@H](O)c1ccc(-c2ccsc2)cc1)C(=O)Nc1ccon1. The number of hydrogen-bond donors (Lipinski definition) is 3. The van der Waals surface area contributed by atoms with Crippen LogP contribution < -0.4 is 10.6 Å². The molecule has 7 nitrogen and oxygen atoms in total. The lowest BCUT2D eigenvalue weighted by Gasteiger charge is -2.12. The fourth-order valence-corrected chi connectivity index (χ4v) is 2.83. The summed E-state index contributed by atoms with van der Waals surface area (Å²) in [6, 6.07) is 10.8. The standard InChI is InChI=1S/C17H15N3O4S/c21-14(9-18-16(22)17(23)19-15-5-7-24-20-15)12-3-1-11(2-4-12)13-6-8-25-10-13/h1-8,10,14,21H,9H2,(H,18,22)(H,19,20,23)/t14-/m0/s1. The van der Waals surface area contributed by atoms with Crippen molar-refractivity contribution in [3.63, 3.8) is 0 Å². The molecule has 0 aliphatic rings. The molecule has 8 heteroatoms. The Morgan fingerprint density at radius 2 is 1.92 bits per heavy atom. The maximum absolute atomic E-state index is 11.7. The van der Waals surface area contributed by atoms with Crippen LogP contribution in [0.3, 0.4) is 0 Å². The molecular formula is C17H15N3O4S. The number of rotatable bonds is 5. The van der Waals surface area contributed by atoms with Crippen molar-refractivity contribution < 1.29 is 19.2 Å². The number of benzene rings is 1. The van der Waals surface area contributed by atoms with Crippen molar-refractivity contribution in [2.75, 3.05) is 11.9 Å². The van der Waals surface area contributed by atoms with E-state index in [1.807, 2.05) is 29.0 Å². The number of nitrogens with zero attached hydrogens (tertiary/aromatic N) is 1. The second-order valence-electron chi connectivity index (χ2n) is 5.20. The molecule has 1 aromatic carbocycles. The van der Waals surface area contributed by atoms with Crippen LogP contribution in [-0.2, 0) is 9.59 Å². The van der Waals surface area contributed by atoms with Gasteiger partial charge in [-0.25, -0.2) is 0 Å². The van der Waals surface area contributed by atoms with E-state index in [1.165, 1.54) is 12.3 Å². The number of aliphatic hydroxyl groups excluding tert-OH is 1. The van der Waals surface area contributed by atoms with Crippen molar-refractivity contribution in [3.05, 3.63) is 59.0 Å². The van der Waals surface area contributed by atoms with Crippen molar-refractivity contribution in [1.82, 2.24) is 10.5 Å². The zero-order valence-corrected chi connectivity index (χ0v) is 13.8. The smallest absolute Gasteiger partial charge is 0.314 e. The van der Waals surface area contributed by atoms with E-state index in [2.05, 4.69) is 20.3 Å². The second kappa shape index (κ2) is 7.73. The van der Waals surface area contributed by atoms with E-state index in [-0.39, 0.29) is 12.4 Å². The summed E-state index contributed by atoms with van der Waals surface area (Å²) in [5, 5.41) is 22.3. The number of anilines is 1. The van der Waals surface area contributed by atoms with Crippen LogP contribution in [0.5, 0.6) is 0 Å². The summed E-state index contributed by atoms with van der Waals surface area (Å²) in [4.78, 5) is 23.4. The van der Waals surface area contributed by atoms with Gasteiger partial charge in [0.2, 0.25) is 0 Å². The first kappa shape index (κ1) is 16.9. The number of carbonyl (C=O) groups is 2. The Morgan fingerprint density at radius 1 is 1.12 bits per heavy atom. The monoisotopic (exact) mass is 357 g/mol. The minimum Gasteiger partial charge on any atom is -0.387 e. The van der Waals surface area contributed by atoms with Crippen LogP contribution >= 0.6 is 11.3 Å². The van der Waals surface area contributed by atoms with Crippen LogP contribution in [0.15, 0.2) is 57.9 Å². The molecular weight excluding hydrogens is 342 g/mol. The topological polar surface area (TPSA) is 104 Å². The van der Waals surface area contributed by atoms with Gasteiger partial charge in [0.1, 0.15) is 6.26 Å². The number of thiophene rings is 1. The van der Waals surface area contributed by atoms with Crippen LogP contribution in [0.25, 0.3) is 11.1 Å². The summed E-state index contributed by atoms with van der Waals surface area (Å²) in [7, 11) is 0. The summed E-state index contributed by atoms with van der Waals surface area (Å²) in [5.74, 6) is -1.60. The van der Waals surface area contributed by atoms with Gasteiger partial charge in [0.05, 0.1) is 6.10 Å². The Hall–Kier alpha value is -2.97. The Balaban J connectivity index is 1.52. The zero-order chi connectivity index (χ0) is 17.6. The van der Waals surface area contributed by atoms with Gasteiger partial charge in [0.15, 0.2) is 5.82 Å². The van der Waals surface area contributed by atoms with E-state index in [9.17, 15) is 14.7 Å². The van der Waals surface area contributed by atoms with Gasteiger partial charge in [-0.1, -0.05) is 29.4 Å². The van der Waals surface area contributed by atoms with Gasteiger partial charge in [-0.05, 0) is 33.5 Å². The predicted molar refractivity (Wildman–Crippen MR) is 92.9 cm³/mol. The number of amides is 2. The Morgan fingerprint density at radius 3 is 2.56 bits per heavy atom. The fraction of sp³-hybridized carbons (Fsp3) is 0.118. The lowest BCUT2D eigenvalue weighted by Crippen LogP contribution is -2.37. The average molecular weight is 357 g/mol. The molecule has 2 heterocycles. The number of aromatic nitrogens is 1. The summed E-state index contributed by atoms with van der Waals surface area (Å²) < 4.78 is 4.55. The Bertz CT molecular complexity index is 829. The summed E-state index contributed by atoms with van der Waals surface area (Å²) >= 11 is 1.61. The molecule has 0 aliphatic carbocycles. The number of carbonyl (C=O) groups excluding carboxylic acids is 2. The lowest BCUT2D eigenvalue weighted by molar-refractivity contribution is -0.136. The van der Waals surface area contributed by atoms with Crippen LogP contribution in [0.1, 0.15) is 11.7 Å². The van der Waals surface area contributed by atoms with Crippen LogP contribution in [0.4, 0.5) is 5.82 Å². The maximum Gasteiger partial charge on any atom is 0.314 e. The fourth-order valence-electron chi connectivity index (χ4n) is 2.16. The van der Waals surface area contributed by atoms with Crippen molar-refractivity contribution in [3.8, 4) is 11.1 Å². The first-order valence-electron chi connectivity index (χ1n) is 7.43. The largest absolute Gasteiger partial charge is 0.387 e. The van der Waals surface area contributed by atoms with Crippen LogP contribution in [0, 0.1) is 0 Å². The van der Waals surface area contributed by atoms with Gasteiger partial charge in [0.25, 0.3) is 0 Å². The van der Waals surface area contributed by atoms with E-state index in [0.717, 1.165) is 11.1 Å². The van der Waals surface area contributed by atoms with Crippen molar-refractivity contribution in [2.24, 2.45) is 0 Å². The van der Waals surface area contributed by atoms with Crippen LogP contribution in [0.2, 0.25) is 0 Å². The first-order chi connectivity index (χ1) is 12.1. The molecule has 0 aliphatic heterocycles. The molecule has 2 aromatic heterocycles. The van der Waals surface area contributed by atoms with E-state index in [1.54, 1.807) is 23.5 Å². The number of hydrogen-bond acceptors (Lipinski definition) is 6. The molecule has 0 fully saturated rings. The third-order valence-corrected chi connectivity index (χ3v) is 4.17. The third kappa shape index (κ3) is 4.31. The van der Waals surface area contributed by atoms with Crippen molar-refractivity contribution >= 4 is 29.0 Å². The van der Waals surface area contributed by atoms with E-state index in [0.29, 0.717) is 5.56 Å². The van der Waals surface area contributed by atoms with Crippen LogP contribution in [-0.4, -0.2) is 28.6 Å². The molecule has 2 amide bonds. The summed E-state index contributed by atoms with van der Waals surface area (Å²) in [5.41, 5.74) is 2.81. The van der Waals surface area contributed by atoms with Gasteiger partial charge < -0.3 is 14.9 Å². The molecule has 0 spiro atoms. The highest BCUT2D eigenvalue weighted by atomic mass is 32.1. The van der Waals surface area contributed by atoms with Gasteiger partial charge in [-0.15, -0.1) is 0 Å². The highest BCUT2D eigenvalue weighted by Crippen LogP contribution is 2.23. The van der Waals surface area contributed by atoms with Crippen molar-refractivity contribution in [1.29, 1.82) is 0 Å². The highest BCUT2D eigenvalue weighted by molar-refractivity contribution is 7.08. The second-order valence-corrected chi connectivity index (χ2v) is 5.98. The van der Waals surface area contributed by atoms with Gasteiger partial charge >= 0.3 is 11.8 Å². The van der Waals surface area contributed by atoms with E-state index >= 15 is 0 Å². The van der Waals surface area contributed by atoms with Gasteiger partial charge in [0, 0.05) is 12.6 Å². The predicted octanol–water partition coefficient (Wildman–Crippen LogP) is 2.19. The minimum atomic E-state index is -0.916. The Labute approximate surface area is 147 Å². The average Bonchev–Trinajstić information content (AvgIpc) is 3.33. The third-order valence-electron chi connectivity index (χ3n) is 3.49. The highest BCUT2D eigenvalue weighted by Gasteiger charge is 2.17. The molecule has 0 saturated heterocycles. The Kier molecular flexibility index (Phi) is 5.22. The molecule has 25 heavy (non-hydrogen) atoms. The number of aliphatic hydroxyl groups is 1. The van der Waals surface area contributed by atoms with Crippen molar-refractivity contribution in [2.45, 2.75) is 6.10 Å². The maximum atomic E-state index is 11.7. The zero-order valence-electron chi connectivity index (χ0n) is 13.0. The summed E-state index contributed by atoms with van der Waals surface area (Å²) in [6.45, 7) is -0.0805. The van der Waals surface area contributed by atoms with Gasteiger partial charge in [-0.2, -0.15) is 11.3 Å². The summed E-state index contributed by atoms with van der Waals surface area (Å²) in [6.07, 6.45) is 0.358. The van der Waals surface area contributed by atoms with Gasteiger partial charge in [-0.3, -0.25) is 14.9 Å². The molecule has 0 bridgehead atoms. The molecule has 0 saturated carbocycles. The number of nitrogens with one attached hydrogen (secondary N) is 2. The minimum absolute atomic E-state index is 0.0805. The molecule has 3 rings (SSSR count). The molecule has 128 valence electrons. The molecule has 0 unspecified atom stereocenters. The van der Waals surface area contributed by atoms with E-state index in [4.69, 9.17) is 0 Å².